The second-order valence-electron chi connectivity index (χ2n) is 8.09. The first-order chi connectivity index (χ1) is 13.3. The van der Waals surface area contributed by atoms with E-state index in [-0.39, 0.29) is 5.91 Å². The number of aromatic amines is 1. The fourth-order valence-electron chi connectivity index (χ4n) is 3.65. The first-order valence-electron chi connectivity index (χ1n) is 9.85. The molecule has 0 spiro atoms. The second-order valence-corrected chi connectivity index (χ2v) is 8.09. The van der Waals surface area contributed by atoms with Gasteiger partial charge in [0.05, 0.1) is 17.4 Å². The first kappa shape index (κ1) is 19.9. The average molecular weight is 380 g/mol. The number of hydrogen-bond acceptors (Lipinski definition) is 3. The molecule has 4 rings (SSSR count). The molecule has 1 heterocycles. The zero-order valence-corrected chi connectivity index (χ0v) is 17.0. The number of nitrogens with one attached hydrogen (secondary N) is 2. The van der Waals surface area contributed by atoms with Gasteiger partial charge in [-0.15, -0.1) is 0 Å². The fourth-order valence-corrected chi connectivity index (χ4v) is 3.65. The van der Waals surface area contributed by atoms with Crippen LogP contribution >= 0.6 is 0 Å². The number of rotatable bonds is 2. The van der Waals surface area contributed by atoms with E-state index in [9.17, 15) is 9.90 Å². The molecule has 5 nitrogen and oxygen atoms in total. The smallest absolute Gasteiger partial charge is 0.251 e. The standard InChI is InChI=1S/C13H18O.C10H11N3O/c1-9-12-8-11(14)5-4-10(12)6-7-13(9,2)3;1-2-11-10(14)7-3-4-8-9(5-7)13-6-12-8/h4-5,8-9,14H,6-7H2,1-3H3;3-6H,2H2,1H3,(H,11,14)(H,12,13). The highest BCUT2D eigenvalue weighted by atomic mass is 16.3. The molecule has 2 aromatic carbocycles. The molecule has 1 unspecified atom stereocenters. The maximum atomic E-state index is 11.5. The maximum Gasteiger partial charge on any atom is 0.251 e. The van der Waals surface area contributed by atoms with E-state index in [2.05, 4.69) is 42.1 Å². The molecule has 1 aliphatic carbocycles. The Hall–Kier alpha value is -2.82. The summed E-state index contributed by atoms with van der Waals surface area (Å²) in [4.78, 5) is 18.5. The van der Waals surface area contributed by atoms with Gasteiger partial charge in [0.1, 0.15) is 5.75 Å². The number of nitrogens with zero attached hydrogens (tertiary/aromatic N) is 1. The Morgan fingerprint density at radius 1 is 1.29 bits per heavy atom. The number of hydrogen-bond donors (Lipinski definition) is 3. The SMILES string of the molecule is CC1c2cc(O)ccc2CCC1(C)C.CCNC(=O)c1ccc2nc[nH]c2c1. The molecular weight excluding hydrogens is 350 g/mol. The molecule has 1 amide bonds. The predicted molar refractivity (Wildman–Crippen MR) is 113 cm³/mol. The summed E-state index contributed by atoms with van der Waals surface area (Å²) in [5.74, 6) is 0.885. The van der Waals surface area contributed by atoms with Crippen LogP contribution in [-0.2, 0) is 6.42 Å². The summed E-state index contributed by atoms with van der Waals surface area (Å²) in [5.41, 5.74) is 5.52. The van der Waals surface area contributed by atoms with E-state index in [1.165, 1.54) is 17.5 Å². The molecular formula is C23H29N3O2. The van der Waals surface area contributed by atoms with E-state index in [1.54, 1.807) is 24.5 Å². The number of aromatic nitrogens is 2. The van der Waals surface area contributed by atoms with Gasteiger partial charge in [0, 0.05) is 12.1 Å². The quantitative estimate of drug-likeness (QED) is 0.599. The lowest BCUT2D eigenvalue weighted by atomic mass is 9.67. The average Bonchev–Trinajstić information content (AvgIpc) is 3.14. The van der Waals surface area contributed by atoms with E-state index >= 15 is 0 Å². The van der Waals surface area contributed by atoms with Gasteiger partial charge in [-0.1, -0.05) is 26.8 Å². The number of H-pyrrole nitrogens is 1. The van der Waals surface area contributed by atoms with Crippen molar-refractivity contribution in [1.29, 1.82) is 0 Å². The zero-order chi connectivity index (χ0) is 20.3. The lowest BCUT2D eigenvalue weighted by Crippen LogP contribution is -2.26. The van der Waals surface area contributed by atoms with Crippen LogP contribution in [0.15, 0.2) is 42.7 Å². The number of phenols is 1. The Morgan fingerprint density at radius 3 is 2.82 bits per heavy atom. The highest BCUT2D eigenvalue weighted by Crippen LogP contribution is 2.45. The van der Waals surface area contributed by atoms with Crippen LogP contribution in [0.2, 0.25) is 0 Å². The van der Waals surface area contributed by atoms with Crippen molar-refractivity contribution in [2.75, 3.05) is 6.54 Å². The lowest BCUT2D eigenvalue weighted by molar-refractivity contribution is 0.0956. The molecule has 1 aromatic heterocycles. The van der Waals surface area contributed by atoms with Crippen LogP contribution in [0.1, 0.15) is 61.5 Å². The van der Waals surface area contributed by atoms with Crippen LogP contribution < -0.4 is 5.32 Å². The monoisotopic (exact) mass is 379 g/mol. The molecule has 148 valence electrons. The Kier molecular flexibility index (Phi) is 5.73. The van der Waals surface area contributed by atoms with E-state index < -0.39 is 0 Å². The van der Waals surface area contributed by atoms with Gasteiger partial charge in [-0.3, -0.25) is 4.79 Å². The minimum Gasteiger partial charge on any atom is -0.508 e. The molecule has 1 aliphatic rings. The highest BCUT2D eigenvalue weighted by molar-refractivity contribution is 5.97. The zero-order valence-electron chi connectivity index (χ0n) is 17.0. The van der Waals surface area contributed by atoms with Crippen LogP contribution in [0.5, 0.6) is 5.75 Å². The third kappa shape index (κ3) is 4.19. The van der Waals surface area contributed by atoms with E-state index in [1.807, 2.05) is 19.1 Å². The van der Waals surface area contributed by atoms with Crippen molar-refractivity contribution in [3.05, 3.63) is 59.4 Å². The van der Waals surface area contributed by atoms with Gasteiger partial charge in [0.2, 0.25) is 0 Å². The van der Waals surface area contributed by atoms with Crippen molar-refractivity contribution in [2.45, 2.75) is 46.5 Å². The number of carbonyl (C=O) groups is 1. The topological polar surface area (TPSA) is 78.0 Å². The summed E-state index contributed by atoms with van der Waals surface area (Å²) in [6.07, 6.45) is 4.01. The lowest BCUT2D eigenvalue weighted by Gasteiger charge is -2.38. The van der Waals surface area contributed by atoms with Crippen molar-refractivity contribution >= 4 is 16.9 Å². The minimum absolute atomic E-state index is 0.0519. The van der Waals surface area contributed by atoms with E-state index in [0.717, 1.165) is 17.5 Å². The third-order valence-electron chi connectivity index (χ3n) is 5.83. The van der Waals surface area contributed by atoms with Crippen LogP contribution in [0.3, 0.4) is 0 Å². The van der Waals surface area contributed by atoms with Crippen molar-refractivity contribution in [3.8, 4) is 5.75 Å². The molecule has 3 N–H and O–H groups in total. The molecule has 0 fully saturated rings. The van der Waals surface area contributed by atoms with Crippen LogP contribution in [0.4, 0.5) is 0 Å². The van der Waals surface area contributed by atoms with Gasteiger partial charge in [-0.2, -0.15) is 0 Å². The summed E-state index contributed by atoms with van der Waals surface area (Å²) in [7, 11) is 0. The fraction of sp³-hybridized carbons (Fsp3) is 0.391. The Bertz CT molecular complexity index is 975. The van der Waals surface area contributed by atoms with Gasteiger partial charge < -0.3 is 15.4 Å². The van der Waals surface area contributed by atoms with Crippen LogP contribution in [0, 0.1) is 5.41 Å². The summed E-state index contributed by atoms with van der Waals surface area (Å²) in [6, 6.07) is 11.2. The number of phenolic OH excluding ortho intramolecular Hbond substituents is 1. The van der Waals surface area contributed by atoms with Crippen molar-refractivity contribution < 1.29 is 9.90 Å². The molecule has 1 atom stereocenters. The number of aryl methyl sites for hydroxylation is 1. The molecule has 0 saturated carbocycles. The highest BCUT2D eigenvalue weighted by Gasteiger charge is 2.32. The van der Waals surface area contributed by atoms with Gasteiger partial charge in [-0.05, 0) is 72.6 Å². The first-order valence-corrected chi connectivity index (χ1v) is 9.85. The summed E-state index contributed by atoms with van der Waals surface area (Å²) >= 11 is 0. The Morgan fingerprint density at radius 2 is 2.07 bits per heavy atom. The Balaban J connectivity index is 0.000000161. The molecule has 0 aliphatic heterocycles. The number of aromatic hydroxyl groups is 1. The van der Waals surface area contributed by atoms with Gasteiger partial charge in [-0.25, -0.2) is 4.98 Å². The van der Waals surface area contributed by atoms with E-state index in [4.69, 9.17) is 0 Å². The molecule has 0 bridgehead atoms. The van der Waals surface area contributed by atoms with Crippen molar-refractivity contribution in [1.82, 2.24) is 15.3 Å². The second kappa shape index (κ2) is 8.05. The van der Waals surface area contributed by atoms with Gasteiger partial charge >= 0.3 is 0 Å². The largest absolute Gasteiger partial charge is 0.508 e. The van der Waals surface area contributed by atoms with Gasteiger partial charge in [0.15, 0.2) is 0 Å². The Labute approximate surface area is 166 Å². The number of carbonyl (C=O) groups excluding carboxylic acids is 1. The van der Waals surface area contributed by atoms with Crippen molar-refractivity contribution in [3.63, 3.8) is 0 Å². The van der Waals surface area contributed by atoms with Crippen molar-refractivity contribution in [2.24, 2.45) is 5.41 Å². The molecule has 5 heteroatoms. The van der Waals surface area contributed by atoms with Gasteiger partial charge in [0.25, 0.3) is 5.91 Å². The summed E-state index contributed by atoms with van der Waals surface area (Å²) in [5, 5.41) is 12.2. The molecule has 28 heavy (non-hydrogen) atoms. The maximum absolute atomic E-state index is 11.5. The normalized spacial score (nSPS) is 17.4. The van der Waals surface area contributed by atoms with E-state index in [0.29, 0.717) is 29.2 Å². The minimum atomic E-state index is -0.0519. The summed E-state index contributed by atoms with van der Waals surface area (Å²) < 4.78 is 0. The predicted octanol–water partition coefficient (Wildman–Crippen LogP) is 4.78. The third-order valence-corrected chi connectivity index (χ3v) is 5.83. The number of fused-ring (bicyclic) bond motifs is 2. The van der Waals surface area contributed by atoms with Crippen LogP contribution in [0.25, 0.3) is 11.0 Å². The molecule has 0 saturated heterocycles. The molecule has 3 aromatic rings. The summed E-state index contributed by atoms with van der Waals surface area (Å²) in [6.45, 7) is 9.42. The number of imidazole rings is 1. The number of amides is 1. The van der Waals surface area contributed by atoms with Crippen LogP contribution in [-0.4, -0.2) is 27.5 Å². The molecule has 0 radical (unpaired) electrons. The number of benzene rings is 2.